The van der Waals surface area contributed by atoms with Gasteiger partial charge in [0.15, 0.2) is 0 Å². The summed E-state index contributed by atoms with van der Waals surface area (Å²) in [6.45, 7) is 7.36. The summed E-state index contributed by atoms with van der Waals surface area (Å²) in [6, 6.07) is 7.68. The van der Waals surface area contributed by atoms with Crippen LogP contribution in [-0.2, 0) is 16.4 Å². The first kappa shape index (κ1) is 15.9. The average molecular weight is 323 g/mol. The molecule has 1 N–H and O–H groups in total. The molecule has 2 aliphatic heterocycles. The minimum absolute atomic E-state index is 0.367. The van der Waals surface area contributed by atoms with Crippen molar-refractivity contribution >= 4 is 10.0 Å². The van der Waals surface area contributed by atoms with Gasteiger partial charge in [0.1, 0.15) is 0 Å². The molecule has 2 fully saturated rings. The van der Waals surface area contributed by atoms with Crippen LogP contribution in [0.3, 0.4) is 0 Å². The predicted octanol–water partition coefficient (Wildman–Crippen LogP) is 0.917. The molecule has 2 saturated heterocycles. The van der Waals surface area contributed by atoms with Gasteiger partial charge in [-0.1, -0.05) is 19.1 Å². The third kappa shape index (κ3) is 3.20. The van der Waals surface area contributed by atoms with Gasteiger partial charge >= 0.3 is 0 Å². The summed E-state index contributed by atoms with van der Waals surface area (Å²) in [7, 11) is -3.34. The highest BCUT2D eigenvalue weighted by molar-refractivity contribution is 7.89. The SMILES string of the molecule is CCc1ccc(S(=O)(=O)N2CCC(N3CCNCC3)C2)cc1. The second kappa shape index (κ2) is 6.66. The number of hydrogen-bond donors (Lipinski definition) is 1. The van der Waals surface area contributed by atoms with Gasteiger partial charge in [-0.2, -0.15) is 4.31 Å². The molecule has 0 amide bonds. The van der Waals surface area contributed by atoms with Gasteiger partial charge in [0.2, 0.25) is 10.0 Å². The van der Waals surface area contributed by atoms with E-state index in [9.17, 15) is 8.42 Å². The number of sulfonamides is 1. The second-order valence-corrected chi connectivity index (χ2v) is 8.03. The van der Waals surface area contributed by atoms with Crippen molar-refractivity contribution in [1.82, 2.24) is 14.5 Å². The minimum Gasteiger partial charge on any atom is -0.314 e. The highest BCUT2D eigenvalue weighted by atomic mass is 32.2. The quantitative estimate of drug-likeness (QED) is 0.895. The van der Waals surface area contributed by atoms with E-state index in [-0.39, 0.29) is 0 Å². The summed E-state index contributed by atoms with van der Waals surface area (Å²) in [4.78, 5) is 2.84. The maximum Gasteiger partial charge on any atom is 0.243 e. The van der Waals surface area contributed by atoms with Crippen LogP contribution in [0, 0.1) is 0 Å². The van der Waals surface area contributed by atoms with Crippen LogP contribution in [0.25, 0.3) is 0 Å². The number of rotatable bonds is 4. The number of nitrogens with zero attached hydrogens (tertiary/aromatic N) is 2. The van der Waals surface area contributed by atoms with Crippen LogP contribution in [0.5, 0.6) is 0 Å². The Morgan fingerprint density at radius 1 is 1.14 bits per heavy atom. The van der Waals surface area contributed by atoms with Crippen LogP contribution in [-0.4, -0.2) is 62.9 Å². The summed E-state index contributed by atoms with van der Waals surface area (Å²) >= 11 is 0. The maximum absolute atomic E-state index is 12.8. The van der Waals surface area contributed by atoms with Crippen LogP contribution < -0.4 is 5.32 Å². The van der Waals surface area contributed by atoms with E-state index < -0.39 is 10.0 Å². The van der Waals surface area contributed by atoms with Crippen LogP contribution >= 0.6 is 0 Å². The third-order valence-corrected chi connectivity index (χ3v) is 6.64. The molecular weight excluding hydrogens is 298 g/mol. The van der Waals surface area contributed by atoms with Crippen molar-refractivity contribution in [3.63, 3.8) is 0 Å². The lowest BCUT2D eigenvalue weighted by atomic mass is 10.2. The van der Waals surface area contributed by atoms with Crippen molar-refractivity contribution in [2.45, 2.75) is 30.7 Å². The Labute approximate surface area is 133 Å². The lowest BCUT2D eigenvalue weighted by Crippen LogP contribution is -2.49. The van der Waals surface area contributed by atoms with Gasteiger partial charge in [-0.15, -0.1) is 0 Å². The molecule has 6 heteroatoms. The highest BCUT2D eigenvalue weighted by Gasteiger charge is 2.35. The van der Waals surface area contributed by atoms with Crippen molar-refractivity contribution < 1.29 is 8.42 Å². The Hall–Kier alpha value is -0.950. The molecule has 0 aromatic heterocycles. The summed E-state index contributed by atoms with van der Waals surface area (Å²) in [6.07, 6.45) is 1.86. The van der Waals surface area contributed by atoms with E-state index in [4.69, 9.17) is 0 Å². The minimum atomic E-state index is -3.34. The molecule has 0 spiro atoms. The van der Waals surface area contributed by atoms with Crippen LogP contribution in [0.2, 0.25) is 0 Å². The zero-order valence-electron chi connectivity index (χ0n) is 13.2. The van der Waals surface area contributed by atoms with Crippen molar-refractivity contribution in [3.05, 3.63) is 29.8 Å². The fourth-order valence-corrected chi connectivity index (χ4v) is 4.81. The van der Waals surface area contributed by atoms with Gasteiger partial charge in [0, 0.05) is 45.3 Å². The van der Waals surface area contributed by atoms with Crippen molar-refractivity contribution in [2.75, 3.05) is 39.3 Å². The smallest absolute Gasteiger partial charge is 0.243 e. The molecule has 22 heavy (non-hydrogen) atoms. The van der Waals surface area contributed by atoms with E-state index >= 15 is 0 Å². The topological polar surface area (TPSA) is 52.7 Å². The number of aryl methyl sites for hydroxylation is 1. The molecule has 1 aromatic carbocycles. The summed E-state index contributed by atoms with van der Waals surface area (Å²) < 4.78 is 27.2. The van der Waals surface area contributed by atoms with E-state index in [2.05, 4.69) is 17.1 Å². The maximum atomic E-state index is 12.8. The summed E-state index contributed by atoms with van der Waals surface area (Å²) in [5.41, 5.74) is 1.17. The Balaban J connectivity index is 1.70. The van der Waals surface area contributed by atoms with Gasteiger partial charge in [0.05, 0.1) is 4.90 Å². The molecule has 5 nitrogen and oxygen atoms in total. The molecule has 0 bridgehead atoms. The predicted molar refractivity (Wildman–Crippen MR) is 87.4 cm³/mol. The third-order valence-electron chi connectivity index (χ3n) is 4.76. The fraction of sp³-hybridized carbons (Fsp3) is 0.625. The van der Waals surface area contributed by atoms with Gasteiger partial charge in [-0.25, -0.2) is 8.42 Å². The Kier molecular flexibility index (Phi) is 4.82. The molecular formula is C16H25N3O2S. The number of piperazine rings is 1. The molecule has 0 radical (unpaired) electrons. The standard InChI is InChI=1S/C16H25N3O2S/c1-2-14-3-5-16(6-4-14)22(20,21)19-10-7-15(13-19)18-11-8-17-9-12-18/h3-6,15,17H,2,7-13H2,1H3. The molecule has 2 heterocycles. The zero-order chi connectivity index (χ0) is 15.6. The molecule has 122 valence electrons. The van der Waals surface area contributed by atoms with Gasteiger partial charge in [0.25, 0.3) is 0 Å². The second-order valence-electron chi connectivity index (χ2n) is 6.09. The molecule has 2 aliphatic rings. The largest absolute Gasteiger partial charge is 0.314 e. The highest BCUT2D eigenvalue weighted by Crippen LogP contribution is 2.24. The molecule has 3 rings (SSSR count). The average Bonchev–Trinajstić information content (AvgIpc) is 3.06. The molecule has 0 saturated carbocycles. The Morgan fingerprint density at radius 3 is 2.45 bits per heavy atom. The fourth-order valence-electron chi connectivity index (χ4n) is 3.32. The lowest BCUT2D eigenvalue weighted by molar-refractivity contribution is 0.179. The monoisotopic (exact) mass is 323 g/mol. The summed E-state index contributed by atoms with van der Waals surface area (Å²) in [5.74, 6) is 0. The van der Waals surface area contributed by atoms with Gasteiger partial charge in [-0.05, 0) is 30.5 Å². The van der Waals surface area contributed by atoms with Crippen LogP contribution in [0.15, 0.2) is 29.2 Å². The first-order valence-electron chi connectivity index (χ1n) is 8.15. The number of nitrogens with one attached hydrogen (secondary N) is 1. The summed E-state index contributed by atoms with van der Waals surface area (Å²) in [5, 5.41) is 3.34. The van der Waals surface area contributed by atoms with Crippen LogP contribution in [0.4, 0.5) is 0 Å². The van der Waals surface area contributed by atoms with Crippen molar-refractivity contribution in [3.8, 4) is 0 Å². The molecule has 0 aliphatic carbocycles. The normalized spacial score (nSPS) is 24.7. The van der Waals surface area contributed by atoms with E-state index in [1.54, 1.807) is 16.4 Å². The lowest BCUT2D eigenvalue weighted by Gasteiger charge is -2.32. The molecule has 1 unspecified atom stereocenters. The first-order chi connectivity index (χ1) is 10.6. The number of hydrogen-bond acceptors (Lipinski definition) is 4. The van der Waals surface area contributed by atoms with E-state index in [1.807, 2.05) is 12.1 Å². The van der Waals surface area contributed by atoms with Gasteiger partial charge in [-0.3, -0.25) is 4.90 Å². The van der Waals surface area contributed by atoms with Gasteiger partial charge < -0.3 is 5.32 Å². The van der Waals surface area contributed by atoms with E-state index in [0.29, 0.717) is 24.0 Å². The zero-order valence-corrected chi connectivity index (χ0v) is 14.0. The molecule has 1 atom stereocenters. The molecule has 1 aromatic rings. The van der Waals surface area contributed by atoms with Crippen molar-refractivity contribution in [2.24, 2.45) is 0 Å². The Morgan fingerprint density at radius 2 is 1.82 bits per heavy atom. The van der Waals surface area contributed by atoms with Crippen LogP contribution in [0.1, 0.15) is 18.9 Å². The first-order valence-corrected chi connectivity index (χ1v) is 9.59. The van der Waals surface area contributed by atoms with E-state index in [0.717, 1.165) is 39.0 Å². The number of benzene rings is 1. The van der Waals surface area contributed by atoms with Crippen molar-refractivity contribution in [1.29, 1.82) is 0 Å². The van der Waals surface area contributed by atoms with E-state index in [1.165, 1.54) is 5.56 Å². The Bertz CT molecular complexity index is 594.